The molecule has 0 fully saturated rings. The standard InChI is InChI=1S/C12H12ClF4NO/c1-7(5-8-3-2-4-9(13)6-8)18-11(19)12(16,17)10(14)15/h2-4,6-7,10H,5H2,1H3,(H,18,19). The molecule has 0 radical (unpaired) electrons. The second-order valence-corrected chi connectivity index (χ2v) is 4.57. The molecular formula is C12H12ClF4NO. The van der Waals surface area contributed by atoms with Crippen molar-refractivity contribution >= 4 is 17.5 Å². The first kappa shape index (κ1) is 15.8. The number of alkyl halides is 4. The van der Waals surface area contributed by atoms with Crippen LogP contribution in [0.3, 0.4) is 0 Å². The SMILES string of the molecule is CC(Cc1cccc(Cl)c1)NC(=O)C(F)(F)C(F)F. The highest BCUT2D eigenvalue weighted by molar-refractivity contribution is 6.30. The molecule has 0 aliphatic rings. The maximum Gasteiger partial charge on any atom is 0.383 e. The van der Waals surface area contributed by atoms with Crippen LogP contribution in [-0.4, -0.2) is 24.3 Å². The maximum atomic E-state index is 12.7. The highest BCUT2D eigenvalue weighted by Crippen LogP contribution is 2.23. The lowest BCUT2D eigenvalue weighted by Crippen LogP contribution is -2.48. The van der Waals surface area contributed by atoms with Gasteiger partial charge in [0, 0.05) is 11.1 Å². The van der Waals surface area contributed by atoms with Crippen LogP contribution in [0.2, 0.25) is 5.02 Å². The van der Waals surface area contributed by atoms with Crippen LogP contribution in [0.1, 0.15) is 12.5 Å². The third-order valence-electron chi connectivity index (χ3n) is 2.39. The van der Waals surface area contributed by atoms with Crippen molar-refractivity contribution in [2.75, 3.05) is 0 Å². The predicted octanol–water partition coefficient (Wildman–Crippen LogP) is 3.29. The summed E-state index contributed by atoms with van der Waals surface area (Å²) >= 11 is 5.74. The van der Waals surface area contributed by atoms with Crippen LogP contribution in [-0.2, 0) is 11.2 Å². The van der Waals surface area contributed by atoms with Crippen molar-refractivity contribution < 1.29 is 22.4 Å². The van der Waals surface area contributed by atoms with Gasteiger partial charge in [0.1, 0.15) is 0 Å². The number of halogens is 5. The first-order valence-corrected chi connectivity index (χ1v) is 5.82. The Morgan fingerprint density at radius 1 is 1.42 bits per heavy atom. The Labute approximate surface area is 112 Å². The van der Waals surface area contributed by atoms with Gasteiger partial charge in [0.05, 0.1) is 0 Å². The second kappa shape index (κ2) is 6.23. The molecule has 1 aromatic carbocycles. The van der Waals surface area contributed by atoms with Gasteiger partial charge in [-0.25, -0.2) is 8.78 Å². The summed E-state index contributed by atoms with van der Waals surface area (Å²) in [6.45, 7) is 1.44. The van der Waals surface area contributed by atoms with Gasteiger partial charge in [-0.3, -0.25) is 4.79 Å². The van der Waals surface area contributed by atoms with Crippen LogP contribution in [0.15, 0.2) is 24.3 Å². The molecule has 0 spiro atoms. The molecule has 1 N–H and O–H groups in total. The first-order valence-electron chi connectivity index (χ1n) is 5.45. The van der Waals surface area contributed by atoms with Crippen LogP contribution >= 0.6 is 11.6 Å². The molecule has 19 heavy (non-hydrogen) atoms. The number of hydrogen-bond acceptors (Lipinski definition) is 1. The van der Waals surface area contributed by atoms with E-state index in [1.54, 1.807) is 24.3 Å². The normalized spacial score (nSPS) is 13.4. The lowest BCUT2D eigenvalue weighted by molar-refractivity contribution is -0.170. The molecule has 0 saturated carbocycles. The fourth-order valence-electron chi connectivity index (χ4n) is 1.49. The van der Waals surface area contributed by atoms with Crippen molar-refractivity contribution in [3.8, 4) is 0 Å². The zero-order chi connectivity index (χ0) is 14.6. The van der Waals surface area contributed by atoms with E-state index in [4.69, 9.17) is 11.6 Å². The topological polar surface area (TPSA) is 29.1 Å². The van der Waals surface area contributed by atoms with Crippen LogP contribution in [0.5, 0.6) is 0 Å². The fraction of sp³-hybridized carbons (Fsp3) is 0.417. The molecule has 0 aliphatic carbocycles. The zero-order valence-corrected chi connectivity index (χ0v) is 10.7. The largest absolute Gasteiger partial charge is 0.383 e. The lowest BCUT2D eigenvalue weighted by Gasteiger charge is -2.19. The van der Waals surface area contributed by atoms with E-state index < -0.39 is 24.3 Å². The number of benzene rings is 1. The van der Waals surface area contributed by atoms with Crippen molar-refractivity contribution in [2.45, 2.75) is 31.7 Å². The third-order valence-corrected chi connectivity index (χ3v) is 2.62. The van der Waals surface area contributed by atoms with Gasteiger partial charge >= 0.3 is 12.3 Å². The van der Waals surface area contributed by atoms with Gasteiger partial charge in [-0.2, -0.15) is 8.78 Å². The number of carbonyl (C=O) groups excluding carboxylic acids is 1. The number of carbonyl (C=O) groups is 1. The van der Waals surface area contributed by atoms with Gasteiger partial charge in [0.2, 0.25) is 0 Å². The van der Waals surface area contributed by atoms with Crippen molar-refractivity contribution in [1.29, 1.82) is 0 Å². The van der Waals surface area contributed by atoms with E-state index in [9.17, 15) is 22.4 Å². The quantitative estimate of drug-likeness (QED) is 0.830. The summed E-state index contributed by atoms with van der Waals surface area (Å²) in [5, 5.41) is 2.32. The minimum atomic E-state index is -4.68. The smallest absolute Gasteiger partial charge is 0.348 e. The highest BCUT2D eigenvalue weighted by atomic mass is 35.5. The summed E-state index contributed by atoms with van der Waals surface area (Å²) in [5.41, 5.74) is 0.709. The molecule has 0 aliphatic heterocycles. The lowest BCUT2D eigenvalue weighted by atomic mass is 10.1. The number of hydrogen-bond donors (Lipinski definition) is 1. The third kappa shape index (κ3) is 4.38. The molecular weight excluding hydrogens is 286 g/mol. The van der Waals surface area contributed by atoms with Gasteiger partial charge in [-0.1, -0.05) is 23.7 Å². The molecule has 2 nitrogen and oxygen atoms in total. The molecule has 1 amide bonds. The Morgan fingerprint density at radius 3 is 2.58 bits per heavy atom. The highest BCUT2D eigenvalue weighted by Gasteiger charge is 2.49. The Bertz CT molecular complexity index is 453. The summed E-state index contributed by atoms with van der Waals surface area (Å²) in [6, 6.07) is 5.89. The molecule has 0 aromatic heterocycles. The molecule has 1 unspecified atom stereocenters. The van der Waals surface area contributed by atoms with E-state index in [2.05, 4.69) is 0 Å². The molecule has 106 valence electrons. The van der Waals surface area contributed by atoms with E-state index in [0.29, 0.717) is 10.6 Å². The number of amides is 1. The van der Waals surface area contributed by atoms with E-state index in [1.165, 1.54) is 6.92 Å². The van der Waals surface area contributed by atoms with Gasteiger partial charge < -0.3 is 5.32 Å². The average Bonchev–Trinajstić information content (AvgIpc) is 2.28. The fourth-order valence-corrected chi connectivity index (χ4v) is 1.70. The van der Waals surface area contributed by atoms with Gasteiger partial charge in [0.25, 0.3) is 5.91 Å². The van der Waals surface area contributed by atoms with Gasteiger partial charge in [-0.05, 0) is 31.0 Å². The molecule has 0 bridgehead atoms. The van der Waals surface area contributed by atoms with Crippen molar-refractivity contribution in [2.24, 2.45) is 0 Å². The monoisotopic (exact) mass is 297 g/mol. The Hall–Kier alpha value is -1.30. The van der Waals surface area contributed by atoms with Crippen LogP contribution < -0.4 is 5.32 Å². The summed E-state index contributed by atoms with van der Waals surface area (Å²) in [6.07, 6.45) is -3.81. The minimum absolute atomic E-state index is 0.214. The molecule has 1 atom stereocenters. The summed E-state index contributed by atoms with van der Waals surface area (Å²) in [5.74, 6) is -6.65. The van der Waals surface area contributed by atoms with Gasteiger partial charge in [-0.15, -0.1) is 0 Å². The zero-order valence-electron chi connectivity index (χ0n) is 9.97. The summed E-state index contributed by atoms with van der Waals surface area (Å²) < 4.78 is 49.4. The van der Waals surface area contributed by atoms with Gasteiger partial charge in [0.15, 0.2) is 0 Å². The van der Waals surface area contributed by atoms with Crippen LogP contribution in [0.25, 0.3) is 0 Å². The van der Waals surface area contributed by atoms with Crippen molar-refractivity contribution in [1.82, 2.24) is 5.32 Å². The van der Waals surface area contributed by atoms with E-state index >= 15 is 0 Å². The maximum absolute atomic E-state index is 12.7. The molecule has 0 saturated heterocycles. The van der Waals surface area contributed by atoms with E-state index in [-0.39, 0.29) is 6.42 Å². The van der Waals surface area contributed by atoms with E-state index in [1.807, 2.05) is 5.32 Å². The van der Waals surface area contributed by atoms with Crippen molar-refractivity contribution in [3.63, 3.8) is 0 Å². The van der Waals surface area contributed by atoms with Crippen LogP contribution in [0, 0.1) is 0 Å². The summed E-state index contributed by atoms with van der Waals surface area (Å²) in [7, 11) is 0. The minimum Gasteiger partial charge on any atom is -0.348 e. The Kier molecular flexibility index (Phi) is 5.17. The van der Waals surface area contributed by atoms with Crippen LogP contribution in [0.4, 0.5) is 17.6 Å². The Morgan fingerprint density at radius 2 is 2.05 bits per heavy atom. The molecule has 1 aromatic rings. The number of nitrogens with one attached hydrogen (secondary N) is 1. The summed E-state index contributed by atoms with van der Waals surface area (Å²) in [4.78, 5) is 11.0. The molecule has 1 rings (SSSR count). The Balaban J connectivity index is 2.61. The second-order valence-electron chi connectivity index (χ2n) is 4.13. The molecule has 0 heterocycles. The number of rotatable bonds is 5. The molecule has 7 heteroatoms. The average molecular weight is 298 g/mol. The first-order chi connectivity index (χ1) is 8.73. The van der Waals surface area contributed by atoms with E-state index in [0.717, 1.165) is 0 Å². The van der Waals surface area contributed by atoms with Crippen molar-refractivity contribution in [3.05, 3.63) is 34.9 Å². The predicted molar refractivity (Wildman–Crippen MR) is 63.7 cm³/mol.